The molecule has 94 valence electrons. The number of halogens is 3. The van der Waals surface area contributed by atoms with Gasteiger partial charge in [-0.05, 0) is 12.1 Å². The van der Waals surface area contributed by atoms with Crippen LogP contribution in [0.3, 0.4) is 0 Å². The molecule has 0 aliphatic rings. The van der Waals surface area contributed by atoms with Crippen LogP contribution in [0.1, 0.15) is 17.3 Å². The molecule has 0 bridgehead atoms. The van der Waals surface area contributed by atoms with E-state index >= 15 is 0 Å². The second-order valence-electron chi connectivity index (χ2n) is 2.71. The Morgan fingerprint density at radius 3 is 1.82 bits per heavy atom. The summed E-state index contributed by atoms with van der Waals surface area (Å²) < 4.78 is 35.4. The van der Waals surface area contributed by atoms with E-state index in [2.05, 4.69) is 4.74 Å². The zero-order chi connectivity index (χ0) is 13.5. The van der Waals surface area contributed by atoms with Crippen LogP contribution in [0, 0.1) is 0 Å². The van der Waals surface area contributed by atoms with Crippen molar-refractivity contribution in [3.8, 4) is 0 Å². The number of rotatable bonds is 1. The summed E-state index contributed by atoms with van der Waals surface area (Å²) in [6.45, 7) is 0.688. The Morgan fingerprint density at radius 1 is 1.18 bits per heavy atom. The highest BCUT2D eigenvalue weighted by Crippen LogP contribution is 2.15. The van der Waals surface area contributed by atoms with E-state index in [9.17, 15) is 22.8 Å². The minimum atomic E-state index is -4.83. The number of alkyl halides is 3. The zero-order valence-corrected chi connectivity index (χ0v) is 8.69. The fraction of sp³-hybridized carbons (Fsp3) is 0.200. The van der Waals surface area contributed by atoms with Crippen molar-refractivity contribution in [2.45, 2.75) is 13.3 Å². The molecule has 1 aromatic carbocycles. The van der Waals surface area contributed by atoms with Gasteiger partial charge >= 0.3 is 18.3 Å². The van der Waals surface area contributed by atoms with E-state index in [1.165, 1.54) is 0 Å². The second-order valence-corrected chi connectivity index (χ2v) is 2.71. The van der Waals surface area contributed by atoms with Gasteiger partial charge in [-0.3, -0.25) is 4.79 Å². The lowest BCUT2D eigenvalue weighted by molar-refractivity contribution is -0.304. The highest BCUT2D eigenvalue weighted by molar-refractivity contribution is 5.87. The summed E-state index contributed by atoms with van der Waals surface area (Å²) in [7, 11) is 0. The molecular weight excluding hydrogens is 241 g/mol. The van der Waals surface area contributed by atoms with Gasteiger partial charge < -0.3 is 9.84 Å². The van der Waals surface area contributed by atoms with Crippen LogP contribution in [0.15, 0.2) is 30.3 Å². The van der Waals surface area contributed by atoms with E-state index in [4.69, 9.17) is 5.11 Å². The molecule has 0 radical (unpaired) electrons. The molecule has 0 atom stereocenters. The zero-order valence-electron chi connectivity index (χ0n) is 8.69. The van der Waals surface area contributed by atoms with Crippen LogP contribution in [0.25, 0.3) is 0 Å². The molecule has 1 N–H and O–H groups in total. The lowest BCUT2D eigenvalue weighted by atomic mass is 10.2. The number of aromatic carboxylic acids is 1. The Hall–Kier alpha value is -2.05. The largest absolute Gasteiger partial charge is 0.575 e. The molecule has 0 unspecified atom stereocenters. The molecule has 1 aromatic rings. The third kappa shape index (κ3) is 8.91. The number of esters is 1. The summed E-state index contributed by atoms with van der Waals surface area (Å²) in [6, 6.07) is 8.30. The van der Waals surface area contributed by atoms with E-state index in [0.29, 0.717) is 12.5 Å². The Balaban J connectivity index is 0.000000304. The molecular formula is C10H9F3O4. The summed E-state index contributed by atoms with van der Waals surface area (Å²) in [5, 5.41) is 8.38. The lowest BCUT2D eigenvalue weighted by Gasteiger charge is -2.02. The predicted molar refractivity (Wildman–Crippen MR) is 51.2 cm³/mol. The molecule has 7 heteroatoms. The number of carboxylic acid groups (broad SMARTS) is 1. The van der Waals surface area contributed by atoms with Gasteiger partial charge in [-0.2, -0.15) is 0 Å². The Kier molecular flexibility index (Phi) is 5.73. The number of hydrogen-bond acceptors (Lipinski definition) is 3. The summed E-state index contributed by atoms with van der Waals surface area (Å²) in [5.41, 5.74) is 0.331. The number of benzene rings is 1. The first-order valence-corrected chi connectivity index (χ1v) is 4.27. The van der Waals surface area contributed by atoms with Gasteiger partial charge in [0.25, 0.3) is 0 Å². The maximum absolute atomic E-state index is 10.9. The average Bonchev–Trinajstić information content (AvgIpc) is 2.16. The summed E-state index contributed by atoms with van der Waals surface area (Å²) in [4.78, 5) is 19.7. The van der Waals surface area contributed by atoms with Gasteiger partial charge in [-0.15, -0.1) is 13.2 Å². The van der Waals surface area contributed by atoms with Crippen LogP contribution >= 0.6 is 0 Å². The number of hydrogen-bond donors (Lipinski definition) is 1. The summed E-state index contributed by atoms with van der Waals surface area (Å²) >= 11 is 0. The van der Waals surface area contributed by atoms with E-state index < -0.39 is 18.3 Å². The van der Waals surface area contributed by atoms with Gasteiger partial charge in [0.05, 0.1) is 5.56 Å². The van der Waals surface area contributed by atoms with Crippen molar-refractivity contribution in [1.29, 1.82) is 0 Å². The fourth-order valence-electron chi connectivity index (χ4n) is 0.744. The molecule has 0 spiro atoms. The molecule has 1 rings (SSSR count). The predicted octanol–water partition coefficient (Wildman–Crippen LogP) is 2.45. The highest BCUT2D eigenvalue weighted by atomic mass is 19.4. The normalized spacial score (nSPS) is 9.88. The molecule has 0 aliphatic carbocycles. The van der Waals surface area contributed by atoms with Crippen molar-refractivity contribution in [3.63, 3.8) is 0 Å². The third-order valence-corrected chi connectivity index (χ3v) is 1.28. The molecule has 0 aromatic heterocycles. The third-order valence-electron chi connectivity index (χ3n) is 1.28. The lowest BCUT2D eigenvalue weighted by Crippen LogP contribution is -2.16. The maximum atomic E-state index is 10.9. The Bertz CT molecular complexity index is 373. The molecule has 0 saturated heterocycles. The van der Waals surface area contributed by atoms with Crippen LogP contribution in [0.5, 0.6) is 0 Å². The number of carboxylic acids is 1. The van der Waals surface area contributed by atoms with Crippen molar-refractivity contribution in [3.05, 3.63) is 35.9 Å². The molecule has 0 heterocycles. The van der Waals surface area contributed by atoms with Crippen molar-refractivity contribution < 1.29 is 32.6 Å². The van der Waals surface area contributed by atoms with E-state index in [1.54, 1.807) is 30.3 Å². The van der Waals surface area contributed by atoms with Crippen LogP contribution < -0.4 is 0 Å². The molecule has 0 fully saturated rings. The van der Waals surface area contributed by atoms with E-state index in [-0.39, 0.29) is 0 Å². The quantitative estimate of drug-likeness (QED) is 0.777. The van der Waals surface area contributed by atoms with Crippen LogP contribution in [0.2, 0.25) is 0 Å². The summed E-state index contributed by atoms with van der Waals surface area (Å²) in [5.74, 6) is -2.23. The first-order chi connectivity index (χ1) is 7.72. The van der Waals surface area contributed by atoms with Gasteiger partial charge in [0.1, 0.15) is 0 Å². The number of ether oxygens (including phenoxy) is 1. The minimum Gasteiger partial charge on any atom is -0.478 e. The highest BCUT2D eigenvalue weighted by Gasteiger charge is 2.32. The molecule has 0 saturated carbocycles. The van der Waals surface area contributed by atoms with Gasteiger partial charge in [-0.25, -0.2) is 4.79 Å². The fourth-order valence-corrected chi connectivity index (χ4v) is 0.744. The first kappa shape index (κ1) is 14.9. The van der Waals surface area contributed by atoms with Gasteiger partial charge in [0.2, 0.25) is 0 Å². The molecule has 0 amide bonds. The first-order valence-electron chi connectivity index (χ1n) is 4.27. The van der Waals surface area contributed by atoms with Crippen molar-refractivity contribution in [1.82, 2.24) is 0 Å². The average molecular weight is 250 g/mol. The molecule has 0 aliphatic heterocycles. The van der Waals surface area contributed by atoms with Crippen molar-refractivity contribution >= 4 is 11.9 Å². The topological polar surface area (TPSA) is 63.6 Å². The maximum Gasteiger partial charge on any atom is 0.575 e. The van der Waals surface area contributed by atoms with Gasteiger partial charge in [0, 0.05) is 6.92 Å². The number of carbonyl (C=O) groups excluding carboxylic acids is 1. The monoisotopic (exact) mass is 250 g/mol. The van der Waals surface area contributed by atoms with Crippen LogP contribution in [0.4, 0.5) is 13.2 Å². The Morgan fingerprint density at radius 2 is 1.65 bits per heavy atom. The second kappa shape index (κ2) is 6.51. The minimum absolute atomic E-state index is 0.331. The number of carbonyl (C=O) groups is 2. The summed E-state index contributed by atoms with van der Waals surface area (Å²) in [6.07, 6.45) is -4.83. The van der Waals surface area contributed by atoms with Crippen molar-refractivity contribution in [2.75, 3.05) is 0 Å². The van der Waals surface area contributed by atoms with Crippen LogP contribution in [-0.4, -0.2) is 23.4 Å². The van der Waals surface area contributed by atoms with Gasteiger partial charge in [-0.1, -0.05) is 18.2 Å². The van der Waals surface area contributed by atoms with Crippen LogP contribution in [-0.2, 0) is 9.53 Å². The smallest absolute Gasteiger partial charge is 0.478 e. The van der Waals surface area contributed by atoms with E-state index in [0.717, 1.165) is 0 Å². The molecule has 17 heavy (non-hydrogen) atoms. The van der Waals surface area contributed by atoms with E-state index in [1.807, 2.05) is 0 Å². The standard InChI is InChI=1S/C7H6O2.C3H3F3O2/c8-7(9)6-4-2-1-3-5-6;1-2(7)8-3(4,5)6/h1-5H,(H,8,9);1H3. The SMILES string of the molecule is CC(=O)OC(F)(F)F.O=C(O)c1ccccc1. The molecule has 4 nitrogen and oxygen atoms in total. The van der Waals surface area contributed by atoms with Crippen molar-refractivity contribution in [2.24, 2.45) is 0 Å². The van der Waals surface area contributed by atoms with Gasteiger partial charge in [0.15, 0.2) is 0 Å². The Labute approximate surface area is 94.6 Å².